The number of hydrogen-bond acceptors (Lipinski definition) is 4. The lowest BCUT2D eigenvalue weighted by Crippen LogP contribution is -2.33. The molecule has 2 amide bonds. The van der Waals surface area contributed by atoms with E-state index in [0.717, 1.165) is 33.3 Å². The summed E-state index contributed by atoms with van der Waals surface area (Å²) in [7, 11) is 0. The highest BCUT2D eigenvalue weighted by atomic mass is 16.3. The Kier molecular flexibility index (Phi) is 5.47. The van der Waals surface area contributed by atoms with Crippen molar-refractivity contribution in [2.75, 3.05) is 6.54 Å². The number of fused-ring (bicyclic) bond motifs is 1. The molecule has 1 aromatic heterocycles. The van der Waals surface area contributed by atoms with Crippen LogP contribution >= 0.6 is 0 Å². The van der Waals surface area contributed by atoms with E-state index >= 15 is 0 Å². The Labute approximate surface area is 157 Å². The molecule has 0 bridgehead atoms. The molecule has 0 spiro atoms. The predicted octanol–water partition coefficient (Wildman–Crippen LogP) is 1.84. The maximum atomic E-state index is 12.1. The van der Waals surface area contributed by atoms with E-state index in [9.17, 15) is 14.7 Å². The van der Waals surface area contributed by atoms with Crippen LogP contribution in [0.25, 0.3) is 10.9 Å². The van der Waals surface area contributed by atoms with Gasteiger partial charge in [-0.15, -0.1) is 0 Å². The summed E-state index contributed by atoms with van der Waals surface area (Å²) in [6.07, 6.45) is 0.593. The molecular weight excluding hydrogens is 342 g/mol. The van der Waals surface area contributed by atoms with E-state index in [1.807, 2.05) is 37.3 Å². The van der Waals surface area contributed by atoms with Gasteiger partial charge in [-0.25, -0.2) is 0 Å². The van der Waals surface area contributed by atoms with Gasteiger partial charge in [0.25, 0.3) is 5.91 Å². The third-order valence-corrected chi connectivity index (χ3v) is 4.31. The molecule has 6 nitrogen and oxygen atoms in total. The standard InChI is InChI=1S/C21H21N3O3/c1-13-8-17(12-25)18-7-3-5-15(20(18)24-13)9-14-4-2-6-16(10-14)21(27)23-11-19(22)26/h2-8,10,25H,9,11-12H2,1H3,(H2,22,26)(H,23,27). The second kappa shape index (κ2) is 7.97. The van der Waals surface area contributed by atoms with E-state index in [2.05, 4.69) is 10.3 Å². The van der Waals surface area contributed by atoms with Crippen molar-refractivity contribution in [3.05, 3.63) is 76.5 Å². The van der Waals surface area contributed by atoms with Crippen molar-refractivity contribution in [2.24, 2.45) is 5.73 Å². The first-order chi connectivity index (χ1) is 13.0. The minimum absolute atomic E-state index is 0.0428. The molecule has 2 aromatic carbocycles. The number of aliphatic hydroxyl groups is 1. The summed E-state index contributed by atoms with van der Waals surface area (Å²) in [5.74, 6) is -0.929. The fourth-order valence-electron chi connectivity index (χ4n) is 3.11. The van der Waals surface area contributed by atoms with Gasteiger partial charge in [-0.2, -0.15) is 0 Å². The number of carbonyl (C=O) groups excluding carboxylic acids is 2. The zero-order chi connectivity index (χ0) is 19.4. The summed E-state index contributed by atoms with van der Waals surface area (Å²) in [5, 5.41) is 13.0. The van der Waals surface area contributed by atoms with Crippen LogP contribution in [-0.2, 0) is 17.8 Å². The van der Waals surface area contributed by atoms with Crippen LogP contribution in [-0.4, -0.2) is 28.4 Å². The number of pyridine rings is 1. The Morgan fingerprint density at radius 2 is 1.89 bits per heavy atom. The highest BCUT2D eigenvalue weighted by Gasteiger charge is 2.11. The number of nitrogens with two attached hydrogens (primary N) is 1. The SMILES string of the molecule is Cc1cc(CO)c2cccc(Cc3cccc(C(=O)NCC(N)=O)c3)c2n1. The van der Waals surface area contributed by atoms with Gasteiger partial charge < -0.3 is 16.2 Å². The Hall–Kier alpha value is -3.25. The number of aromatic nitrogens is 1. The molecular formula is C21H21N3O3. The lowest BCUT2D eigenvalue weighted by atomic mass is 9.98. The van der Waals surface area contributed by atoms with Crippen molar-refractivity contribution in [1.29, 1.82) is 0 Å². The summed E-state index contributed by atoms with van der Waals surface area (Å²) in [6.45, 7) is 1.66. The van der Waals surface area contributed by atoms with E-state index in [-0.39, 0.29) is 19.1 Å². The summed E-state index contributed by atoms with van der Waals surface area (Å²) < 4.78 is 0. The number of aliphatic hydroxyl groups excluding tert-OH is 1. The predicted molar refractivity (Wildman–Crippen MR) is 103 cm³/mol. The molecule has 27 heavy (non-hydrogen) atoms. The molecule has 0 aliphatic heterocycles. The number of amides is 2. The van der Waals surface area contributed by atoms with Crippen molar-refractivity contribution >= 4 is 22.7 Å². The molecule has 138 valence electrons. The van der Waals surface area contributed by atoms with Crippen molar-refractivity contribution in [3.63, 3.8) is 0 Å². The van der Waals surface area contributed by atoms with Gasteiger partial charge in [0.05, 0.1) is 18.7 Å². The average Bonchev–Trinajstić information content (AvgIpc) is 2.66. The minimum atomic E-state index is -0.587. The van der Waals surface area contributed by atoms with Crippen LogP contribution in [0.15, 0.2) is 48.5 Å². The molecule has 3 aromatic rings. The zero-order valence-corrected chi connectivity index (χ0v) is 15.0. The van der Waals surface area contributed by atoms with E-state index in [4.69, 9.17) is 5.73 Å². The number of primary amides is 1. The third-order valence-electron chi connectivity index (χ3n) is 4.31. The van der Waals surface area contributed by atoms with E-state index in [1.54, 1.807) is 18.2 Å². The lowest BCUT2D eigenvalue weighted by Gasteiger charge is -2.11. The largest absolute Gasteiger partial charge is 0.392 e. The number of para-hydroxylation sites is 1. The number of carbonyl (C=O) groups is 2. The number of hydrogen-bond donors (Lipinski definition) is 3. The summed E-state index contributed by atoms with van der Waals surface area (Å²) >= 11 is 0. The fraction of sp³-hybridized carbons (Fsp3) is 0.190. The topological polar surface area (TPSA) is 105 Å². The molecule has 0 fully saturated rings. The zero-order valence-electron chi connectivity index (χ0n) is 15.0. The maximum absolute atomic E-state index is 12.1. The Balaban J connectivity index is 1.92. The lowest BCUT2D eigenvalue weighted by molar-refractivity contribution is -0.117. The minimum Gasteiger partial charge on any atom is -0.392 e. The average molecular weight is 363 g/mol. The smallest absolute Gasteiger partial charge is 0.251 e. The van der Waals surface area contributed by atoms with Gasteiger partial charge >= 0.3 is 0 Å². The van der Waals surface area contributed by atoms with Crippen molar-refractivity contribution in [1.82, 2.24) is 10.3 Å². The second-order valence-electron chi connectivity index (χ2n) is 6.42. The molecule has 0 saturated heterocycles. The summed E-state index contributed by atoms with van der Waals surface area (Å²) in [4.78, 5) is 27.6. The van der Waals surface area contributed by atoms with Gasteiger partial charge in [0.1, 0.15) is 0 Å². The fourth-order valence-corrected chi connectivity index (χ4v) is 3.11. The Morgan fingerprint density at radius 3 is 2.63 bits per heavy atom. The maximum Gasteiger partial charge on any atom is 0.251 e. The van der Waals surface area contributed by atoms with E-state index in [0.29, 0.717) is 12.0 Å². The van der Waals surface area contributed by atoms with Gasteiger partial charge in [0.2, 0.25) is 5.91 Å². The van der Waals surface area contributed by atoms with Gasteiger partial charge in [-0.05, 0) is 48.2 Å². The molecule has 4 N–H and O–H groups in total. The van der Waals surface area contributed by atoms with Gasteiger partial charge in [0, 0.05) is 16.6 Å². The highest BCUT2D eigenvalue weighted by molar-refractivity contribution is 5.96. The third kappa shape index (κ3) is 4.30. The van der Waals surface area contributed by atoms with Crippen molar-refractivity contribution < 1.29 is 14.7 Å². The van der Waals surface area contributed by atoms with E-state index < -0.39 is 5.91 Å². The van der Waals surface area contributed by atoms with Gasteiger partial charge in [-0.1, -0.05) is 30.3 Å². The van der Waals surface area contributed by atoms with Crippen LogP contribution in [0, 0.1) is 6.92 Å². The van der Waals surface area contributed by atoms with Crippen LogP contribution in [0.3, 0.4) is 0 Å². The molecule has 0 unspecified atom stereocenters. The first-order valence-electron chi connectivity index (χ1n) is 8.62. The highest BCUT2D eigenvalue weighted by Crippen LogP contribution is 2.24. The number of rotatable bonds is 6. The summed E-state index contributed by atoms with van der Waals surface area (Å²) in [5.41, 5.74) is 10.0. The van der Waals surface area contributed by atoms with Crippen LogP contribution < -0.4 is 11.1 Å². The molecule has 0 aliphatic carbocycles. The number of benzene rings is 2. The second-order valence-corrected chi connectivity index (χ2v) is 6.42. The molecule has 3 rings (SSSR count). The van der Waals surface area contributed by atoms with Crippen molar-refractivity contribution in [3.8, 4) is 0 Å². The monoisotopic (exact) mass is 363 g/mol. The van der Waals surface area contributed by atoms with Crippen molar-refractivity contribution in [2.45, 2.75) is 20.0 Å². The Bertz CT molecular complexity index is 1010. The molecule has 6 heteroatoms. The summed E-state index contributed by atoms with van der Waals surface area (Å²) in [6, 6.07) is 15.0. The van der Waals surface area contributed by atoms with Crippen LogP contribution in [0.2, 0.25) is 0 Å². The Morgan fingerprint density at radius 1 is 1.11 bits per heavy atom. The van der Waals surface area contributed by atoms with Crippen LogP contribution in [0.1, 0.15) is 32.7 Å². The quantitative estimate of drug-likeness (QED) is 0.621. The molecule has 0 atom stereocenters. The first kappa shape index (κ1) is 18.5. The van der Waals surface area contributed by atoms with E-state index in [1.165, 1.54) is 0 Å². The molecule has 0 radical (unpaired) electrons. The van der Waals surface area contributed by atoms with Crippen LogP contribution in [0.4, 0.5) is 0 Å². The number of nitrogens with zero attached hydrogens (tertiary/aromatic N) is 1. The number of aryl methyl sites for hydroxylation is 1. The molecule has 0 aliphatic rings. The van der Waals surface area contributed by atoms with Gasteiger partial charge in [0.15, 0.2) is 0 Å². The molecule has 1 heterocycles. The van der Waals surface area contributed by atoms with Gasteiger partial charge in [-0.3, -0.25) is 14.6 Å². The normalized spacial score (nSPS) is 10.7. The van der Waals surface area contributed by atoms with Crippen LogP contribution in [0.5, 0.6) is 0 Å². The molecule has 0 saturated carbocycles. The number of nitrogens with one attached hydrogen (secondary N) is 1. The first-order valence-corrected chi connectivity index (χ1v) is 8.62.